The normalized spacial score (nSPS) is 11.3. The summed E-state index contributed by atoms with van der Waals surface area (Å²) < 4.78 is 11.4. The van der Waals surface area contributed by atoms with Crippen molar-refractivity contribution in [1.29, 1.82) is 0 Å². The molecule has 0 unspecified atom stereocenters. The highest BCUT2D eigenvalue weighted by atomic mass is 16.5. The highest BCUT2D eigenvalue weighted by molar-refractivity contribution is 5.95. The van der Waals surface area contributed by atoms with Crippen LogP contribution in [-0.2, 0) is 6.42 Å². The average Bonchev–Trinajstić information content (AvgIpc) is 3.05. The summed E-state index contributed by atoms with van der Waals surface area (Å²) in [5.41, 5.74) is 11.6. The van der Waals surface area contributed by atoms with Gasteiger partial charge in [-0.05, 0) is 55.0 Å². The molecule has 0 bridgehead atoms. The van der Waals surface area contributed by atoms with Gasteiger partial charge in [0.15, 0.2) is 0 Å². The first-order valence-corrected chi connectivity index (χ1v) is 9.67. The minimum Gasteiger partial charge on any atom is -0.496 e. The van der Waals surface area contributed by atoms with E-state index >= 15 is 0 Å². The fourth-order valence-corrected chi connectivity index (χ4v) is 3.79. The first-order valence-electron chi connectivity index (χ1n) is 9.67. The van der Waals surface area contributed by atoms with Crippen molar-refractivity contribution in [2.24, 2.45) is 5.73 Å². The maximum Gasteiger partial charge on any atom is 0.131 e. The van der Waals surface area contributed by atoms with Crippen LogP contribution < -0.4 is 15.2 Å². The Morgan fingerprint density at radius 3 is 2.22 bits per heavy atom. The zero-order chi connectivity index (χ0) is 19.4. The van der Waals surface area contributed by atoms with Gasteiger partial charge in [-0.3, -0.25) is 0 Å². The number of fused-ring (bicyclic) bond motifs is 1. The van der Waals surface area contributed by atoms with Crippen LogP contribution in [0.3, 0.4) is 0 Å². The molecule has 0 radical (unpaired) electrons. The molecule has 144 valence electrons. The summed E-state index contributed by atoms with van der Waals surface area (Å²) in [7, 11) is 3.41. The molecule has 1 aromatic heterocycles. The third-order valence-corrected chi connectivity index (χ3v) is 5.15. The quantitative estimate of drug-likeness (QED) is 0.535. The van der Waals surface area contributed by atoms with Gasteiger partial charge in [-0.2, -0.15) is 0 Å². The third-order valence-electron chi connectivity index (χ3n) is 5.15. The maximum atomic E-state index is 5.74. The molecule has 0 atom stereocenters. The van der Waals surface area contributed by atoms with Gasteiger partial charge in [0, 0.05) is 10.9 Å². The van der Waals surface area contributed by atoms with Crippen molar-refractivity contribution in [1.82, 2.24) is 4.98 Å². The summed E-state index contributed by atoms with van der Waals surface area (Å²) in [5, 5.41) is 1.28. The van der Waals surface area contributed by atoms with Gasteiger partial charge in [0.2, 0.25) is 0 Å². The number of hydrogen-bond acceptors (Lipinski definition) is 3. The summed E-state index contributed by atoms with van der Waals surface area (Å²) in [4.78, 5) is 3.72. The Labute approximate surface area is 161 Å². The first-order chi connectivity index (χ1) is 13.1. The van der Waals surface area contributed by atoms with Crippen LogP contribution in [0.4, 0.5) is 0 Å². The Bertz CT molecular complexity index is 890. The Balaban J connectivity index is 2.29. The van der Waals surface area contributed by atoms with Crippen molar-refractivity contribution in [3.63, 3.8) is 0 Å². The van der Waals surface area contributed by atoms with Crippen LogP contribution in [0.25, 0.3) is 22.2 Å². The zero-order valence-corrected chi connectivity index (χ0v) is 16.8. The van der Waals surface area contributed by atoms with Crippen LogP contribution >= 0.6 is 0 Å². The number of aromatic amines is 1. The van der Waals surface area contributed by atoms with Gasteiger partial charge in [-0.15, -0.1) is 0 Å². The minimum atomic E-state index is 0.441. The van der Waals surface area contributed by atoms with Gasteiger partial charge in [-0.25, -0.2) is 0 Å². The lowest BCUT2D eigenvalue weighted by molar-refractivity contribution is 0.397. The van der Waals surface area contributed by atoms with Crippen molar-refractivity contribution in [2.75, 3.05) is 20.8 Å². The van der Waals surface area contributed by atoms with E-state index in [0.717, 1.165) is 42.0 Å². The highest BCUT2D eigenvalue weighted by Gasteiger charge is 2.21. The van der Waals surface area contributed by atoms with Gasteiger partial charge in [0.05, 0.1) is 25.5 Å². The van der Waals surface area contributed by atoms with E-state index in [1.54, 1.807) is 14.2 Å². The Morgan fingerprint density at radius 2 is 1.63 bits per heavy atom. The maximum absolute atomic E-state index is 5.74. The molecule has 3 N–H and O–H groups in total. The standard InChI is InChI=1S/C23H30N2O2/c1-15(2)16-10-7-11-17-18(9-5-6-14-24)23(25-22(16)17)21-19(26-3)12-8-13-20(21)27-4/h7-8,10-13,15,25H,5-6,9,14,24H2,1-4H3. The van der Waals surface area contributed by atoms with E-state index in [0.29, 0.717) is 12.5 Å². The van der Waals surface area contributed by atoms with Crippen LogP contribution in [0.2, 0.25) is 0 Å². The van der Waals surface area contributed by atoms with Crippen molar-refractivity contribution >= 4 is 10.9 Å². The van der Waals surface area contributed by atoms with E-state index in [9.17, 15) is 0 Å². The van der Waals surface area contributed by atoms with Gasteiger partial charge in [-0.1, -0.05) is 38.1 Å². The molecule has 2 aromatic carbocycles. The number of ether oxygens (including phenoxy) is 2. The predicted octanol–water partition coefficient (Wildman–Crippen LogP) is 5.26. The summed E-state index contributed by atoms with van der Waals surface area (Å²) >= 11 is 0. The number of hydrogen-bond donors (Lipinski definition) is 2. The Hall–Kier alpha value is -2.46. The molecule has 0 fully saturated rings. The molecule has 4 nitrogen and oxygen atoms in total. The second kappa shape index (κ2) is 8.49. The first kappa shape index (κ1) is 19.3. The van der Waals surface area contributed by atoms with Crippen molar-refractivity contribution in [3.8, 4) is 22.8 Å². The summed E-state index contributed by atoms with van der Waals surface area (Å²) in [5.74, 6) is 2.07. The number of para-hydroxylation sites is 1. The molecular formula is C23H30N2O2. The van der Waals surface area contributed by atoms with Crippen molar-refractivity contribution in [2.45, 2.75) is 39.0 Å². The third kappa shape index (κ3) is 3.67. The van der Waals surface area contributed by atoms with Crippen LogP contribution in [0.1, 0.15) is 43.7 Å². The molecule has 0 aliphatic heterocycles. The number of aromatic nitrogens is 1. The van der Waals surface area contributed by atoms with E-state index in [1.807, 2.05) is 18.2 Å². The van der Waals surface area contributed by atoms with Gasteiger partial charge in [0.1, 0.15) is 11.5 Å². The largest absolute Gasteiger partial charge is 0.496 e. The zero-order valence-electron chi connectivity index (χ0n) is 16.8. The number of methoxy groups -OCH3 is 2. The molecule has 4 heteroatoms. The number of rotatable bonds is 8. The summed E-state index contributed by atoms with van der Waals surface area (Å²) in [6.45, 7) is 5.17. The van der Waals surface area contributed by atoms with Gasteiger partial charge >= 0.3 is 0 Å². The SMILES string of the molecule is COc1cccc(OC)c1-c1[nH]c2c(C(C)C)cccc2c1CCCCN. The van der Waals surface area contributed by atoms with E-state index in [2.05, 4.69) is 37.0 Å². The molecule has 27 heavy (non-hydrogen) atoms. The molecule has 1 heterocycles. The van der Waals surface area contributed by atoms with Crippen LogP contribution in [-0.4, -0.2) is 25.7 Å². The number of H-pyrrole nitrogens is 1. The fraction of sp³-hybridized carbons (Fsp3) is 0.391. The number of aryl methyl sites for hydroxylation is 1. The lowest BCUT2D eigenvalue weighted by atomic mass is 9.96. The molecule has 0 aliphatic carbocycles. The minimum absolute atomic E-state index is 0.441. The Morgan fingerprint density at radius 1 is 0.963 bits per heavy atom. The molecule has 0 saturated carbocycles. The van der Waals surface area contributed by atoms with E-state index < -0.39 is 0 Å². The monoisotopic (exact) mass is 366 g/mol. The van der Waals surface area contributed by atoms with Crippen LogP contribution in [0, 0.1) is 0 Å². The van der Waals surface area contributed by atoms with E-state index in [4.69, 9.17) is 15.2 Å². The average molecular weight is 367 g/mol. The molecule has 3 aromatic rings. The van der Waals surface area contributed by atoms with Crippen molar-refractivity contribution < 1.29 is 9.47 Å². The van der Waals surface area contributed by atoms with Gasteiger partial charge < -0.3 is 20.2 Å². The predicted molar refractivity (Wildman–Crippen MR) is 113 cm³/mol. The topological polar surface area (TPSA) is 60.3 Å². The molecular weight excluding hydrogens is 336 g/mol. The number of unbranched alkanes of at least 4 members (excludes halogenated alkanes) is 1. The van der Waals surface area contributed by atoms with Crippen LogP contribution in [0.5, 0.6) is 11.5 Å². The number of benzene rings is 2. The molecule has 3 rings (SSSR count). The number of nitrogens with two attached hydrogens (primary N) is 1. The lowest BCUT2D eigenvalue weighted by Crippen LogP contribution is -2.00. The summed E-state index contributed by atoms with van der Waals surface area (Å²) in [6.07, 6.45) is 3.04. The van der Waals surface area contributed by atoms with Crippen LogP contribution in [0.15, 0.2) is 36.4 Å². The molecule has 0 spiro atoms. The molecule has 0 amide bonds. The molecule has 0 saturated heterocycles. The van der Waals surface area contributed by atoms with E-state index in [1.165, 1.54) is 22.0 Å². The smallest absolute Gasteiger partial charge is 0.131 e. The second-order valence-electron chi connectivity index (χ2n) is 7.19. The Kier molecular flexibility index (Phi) is 6.07. The second-order valence-corrected chi connectivity index (χ2v) is 7.19. The van der Waals surface area contributed by atoms with Crippen molar-refractivity contribution in [3.05, 3.63) is 47.5 Å². The van der Waals surface area contributed by atoms with Gasteiger partial charge in [0.25, 0.3) is 0 Å². The number of nitrogens with one attached hydrogen (secondary N) is 1. The lowest BCUT2D eigenvalue weighted by Gasteiger charge is -2.14. The highest BCUT2D eigenvalue weighted by Crippen LogP contribution is 2.43. The van der Waals surface area contributed by atoms with E-state index in [-0.39, 0.29) is 0 Å². The summed E-state index contributed by atoms with van der Waals surface area (Å²) in [6, 6.07) is 12.5. The fourth-order valence-electron chi connectivity index (χ4n) is 3.79. The molecule has 0 aliphatic rings.